The molecular weight excluding hydrogens is 364 g/mol. The molecule has 0 aliphatic heterocycles. The van der Waals surface area contributed by atoms with Gasteiger partial charge >= 0.3 is 18.0 Å². The molecule has 8 nitrogen and oxygen atoms in total. The molecule has 0 spiro atoms. The summed E-state index contributed by atoms with van der Waals surface area (Å²) in [7, 11) is 0. The number of nitrogens with one attached hydrogen (secondary N) is 2. The van der Waals surface area contributed by atoms with Crippen LogP contribution in [0.5, 0.6) is 0 Å². The number of benzene rings is 2. The Morgan fingerprint density at radius 2 is 1.50 bits per heavy atom. The van der Waals surface area contributed by atoms with Crippen LogP contribution in [0.3, 0.4) is 0 Å². The summed E-state index contributed by atoms with van der Waals surface area (Å²) in [5, 5.41) is 13.6. The van der Waals surface area contributed by atoms with E-state index in [9.17, 15) is 19.2 Å². The van der Waals surface area contributed by atoms with Gasteiger partial charge in [0.05, 0.1) is 5.56 Å². The zero-order valence-electron chi connectivity index (χ0n) is 15.1. The third-order valence-corrected chi connectivity index (χ3v) is 3.82. The summed E-state index contributed by atoms with van der Waals surface area (Å²) < 4.78 is 4.72. The van der Waals surface area contributed by atoms with Crippen LogP contribution in [-0.2, 0) is 20.7 Å². The second-order valence-electron chi connectivity index (χ2n) is 6.00. The molecule has 3 N–H and O–H groups in total. The van der Waals surface area contributed by atoms with Crippen LogP contribution in [0.1, 0.15) is 22.8 Å². The summed E-state index contributed by atoms with van der Waals surface area (Å²) in [4.78, 5) is 47.5. The third kappa shape index (κ3) is 6.24. The molecule has 2 rings (SSSR count). The number of carboxylic acids is 1. The summed E-state index contributed by atoms with van der Waals surface area (Å²) in [6.07, 6.45) is -1.01. The van der Waals surface area contributed by atoms with Gasteiger partial charge in [0, 0.05) is 6.42 Å². The molecule has 146 valence electrons. The highest BCUT2D eigenvalue weighted by atomic mass is 16.6. The summed E-state index contributed by atoms with van der Waals surface area (Å²) in [5.74, 6) is -2.78. The highest BCUT2D eigenvalue weighted by Gasteiger charge is 2.26. The predicted octanol–water partition coefficient (Wildman–Crippen LogP) is 1.75. The van der Waals surface area contributed by atoms with Crippen LogP contribution in [-0.4, -0.2) is 41.1 Å². The van der Waals surface area contributed by atoms with E-state index in [-0.39, 0.29) is 12.0 Å². The Bertz CT molecular complexity index is 838. The van der Waals surface area contributed by atoms with Crippen molar-refractivity contribution in [3.8, 4) is 0 Å². The fraction of sp³-hybridized carbons (Fsp3) is 0.200. The van der Waals surface area contributed by atoms with Crippen LogP contribution >= 0.6 is 0 Å². The van der Waals surface area contributed by atoms with E-state index in [4.69, 9.17) is 9.84 Å². The van der Waals surface area contributed by atoms with E-state index >= 15 is 0 Å². The fourth-order valence-electron chi connectivity index (χ4n) is 2.32. The van der Waals surface area contributed by atoms with Gasteiger partial charge in [0.15, 0.2) is 0 Å². The molecule has 0 unspecified atom stereocenters. The van der Waals surface area contributed by atoms with Crippen molar-refractivity contribution in [1.29, 1.82) is 0 Å². The maximum absolute atomic E-state index is 12.4. The van der Waals surface area contributed by atoms with Crippen LogP contribution in [0.2, 0.25) is 0 Å². The predicted molar refractivity (Wildman–Crippen MR) is 99.6 cm³/mol. The Morgan fingerprint density at radius 1 is 0.929 bits per heavy atom. The van der Waals surface area contributed by atoms with E-state index in [1.54, 1.807) is 48.5 Å². The maximum Gasteiger partial charge on any atom is 0.415 e. The number of carbonyl (C=O) groups is 4. The molecule has 2 aromatic rings. The number of amides is 2. The number of ether oxygens (including phenoxy) is 1. The van der Waals surface area contributed by atoms with Gasteiger partial charge in [-0.3, -0.25) is 9.59 Å². The number of rotatable bonds is 7. The largest absolute Gasteiger partial charge is 0.480 e. The second-order valence-corrected chi connectivity index (χ2v) is 6.00. The zero-order chi connectivity index (χ0) is 20.5. The molecule has 28 heavy (non-hydrogen) atoms. The van der Waals surface area contributed by atoms with Gasteiger partial charge in [0.2, 0.25) is 5.91 Å². The first-order valence-electron chi connectivity index (χ1n) is 8.51. The van der Waals surface area contributed by atoms with E-state index in [2.05, 4.69) is 10.6 Å². The molecule has 8 heteroatoms. The lowest BCUT2D eigenvalue weighted by Gasteiger charge is -2.19. The SMILES string of the molecule is C[C@H](NC(=O)[C@H](Cc1ccccc1)NC(=O)OC(=O)c1ccccc1)C(=O)O. The summed E-state index contributed by atoms with van der Waals surface area (Å²) >= 11 is 0. The fourth-order valence-corrected chi connectivity index (χ4v) is 2.32. The molecule has 2 amide bonds. The first-order chi connectivity index (χ1) is 13.4. The second kappa shape index (κ2) is 9.86. The molecule has 0 aliphatic rings. The molecule has 0 aromatic heterocycles. The Labute approximate surface area is 161 Å². The van der Waals surface area contributed by atoms with Gasteiger partial charge in [-0.15, -0.1) is 0 Å². The molecule has 0 bridgehead atoms. The van der Waals surface area contributed by atoms with Crippen LogP contribution < -0.4 is 10.6 Å². The van der Waals surface area contributed by atoms with E-state index in [1.165, 1.54) is 19.1 Å². The average Bonchev–Trinajstić information content (AvgIpc) is 2.68. The highest BCUT2D eigenvalue weighted by molar-refractivity contribution is 5.97. The van der Waals surface area contributed by atoms with Crippen molar-refractivity contribution in [2.75, 3.05) is 0 Å². The Balaban J connectivity index is 2.07. The molecule has 0 heterocycles. The van der Waals surface area contributed by atoms with E-state index in [0.29, 0.717) is 0 Å². The van der Waals surface area contributed by atoms with Crippen LogP contribution in [0, 0.1) is 0 Å². The number of esters is 1. The first-order valence-corrected chi connectivity index (χ1v) is 8.51. The standard InChI is InChI=1S/C20H20N2O6/c1-13(18(24)25)21-17(23)16(12-14-8-4-2-5-9-14)22-20(27)28-19(26)15-10-6-3-7-11-15/h2-11,13,16H,12H2,1H3,(H,21,23)(H,22,27)(H,24,25)/t13-,16-/m0/s1. The van der Waals surface area contributed by atoms with Crippen LogP contribution in [0.15, 0.2) is 60.7 Å². The number of alkyl carbamates (subject to hydrolysis) is 1. The molecular formula is C20H20N2O6. The van der Waals surface area contributed by atoms with Gasteiger partial charge in [-0.1, -0.05) is 48.5 Å². The molecule has 0 fully saturated rings. The minimum atomic E-state index is -1.21. The zero-order valence-corrected chi connectivity index (χ0v) is 15.1. The van der Waals surface area contributed by atoms with Crippen molar-refractivity contribution < 1.29 is 29.0 Å². The van der Waals surface area contributed by atoms with Crippen molar-refractivity contribution in [3.63, 3.8) is 0 Å². The minimum Gasteiger partial charge on any atom is -0.480 e. The number of hydrogen-bond donors (Lipinski definition) is 3. The van der Waals surface area contributed by atoms with Gasteiger partial charge in [-0.05, 0) is 24.6 Å². The molecule has 2 atom stereocenters. The average molecular weight is 384 g/mol. The minimum absolute atomic E-state index is 0.0909. The van der Waals surface area contributed by atoms with Crippen LogP contribution in [0.25, 0.3) is 0 Å². The van der Waals surface area contributed by atoms with Crippen molar-refractivity contribution in [3.05, 3.63) is 71.8 Å². The number of carbonyl (C=O) groups excluding carboxylic acids is 3. The van der Waals surface area contributed by atoms with Crippen molar-refractivity contribution in [2.24, 2.45) is 0 Å². The molecule has 0 aliphatic carbocycles. The quantitative estimate of drug-likeness (QED) is 0.494. The molecule has 0 radical (unpaired) electrons. The van der Waals surface area contributed by atoms with Crippen molar-refractivity contribution in [2.45, 2.75) is 25.4 Å². The summed E-state index contributed by atoms with van der Waals surface area (Å²) in [6, 6.07) is 14.5. The molecule has 0 saturated carbocycles. The maximum atomic E-state index is 12.4. The first kappa shape index (κ1) is 20.6. The molecule has 2 aromatic carbocycles. The van der Waals surface area contributed by atoms with E-state index < -0.39 is 36.0 Å². The lowest BCUT2D eigenvalue weighted by molar-refractivity contribution is -0.141. The smallest absolute Gasteiger partial charge is 0.415 e. The Morgan fingerprint density at radius 3 is 2.07 bits per heavy atom. The van der Waals surface area contributed by atoms with Gasteiger partial charge in [0.25, 0.3) is 0 Å². The number of hydrogen-bond acceptors (Lipinski definition) is 5. The van der Waals surface area contributed by atoms with Crippen molar-refractivity contribution in [1.82, 2.24) is 10.6 Å². The summed E-state index contributed by atoms with van der Waals surface area (Å²) in [6.45, 7) is 1.30. The molecule has 0 saturated heterocycles. The van der Waals surface area contributed by atoms with Gasteiger partial charge in [-0.2, -0.15) is 0 Å². The van der Waals surface area contributed by atoms with Crippen molar-refractivity contribution >= 4 is 23.9 Å². The van der Waals surface area contributed by atoms with E-state index in [0.717, 1.165) is 5.56 Å². The third-order valence-electron chi connectivity index (χ3n) is 3.82. The normalized spacial score (nSPS) is 12.3. The van der Waals surface area contributed by atoms with Gasteiger partial charge in [-0.25, -0.2) is 9.59 Å². The highest BCUT2D eigenvalue weighted by Crippen LogP contribution is 2.06. The monoisotopic (exact) mass is 384 g/mol. The lowest BCUT2D eigenvalue weighted by atomic mass is 10.1. The van der Waals surface area contributed by atoms with Gasteiger partial charge in [0.1, 0.15) is 12.1 Å². The van der Waals surface area contributed by atoms with Gasteiger partial charge < -0.3 is 20.5 Å². The Kier molecular flexibility index (Phi) is 7.27. The van der Waals surface area contributed by atoms with E-state index in [1.807, 2.05) is 0 Å². The number of aliphatic carboxylic acids is 1. The van der Waals surface area contributed by atoms with Crippen LogP contribution in [0.4, 0.5) is 4.79 Å². The Hall–Kier alpha value is -3.68. The topological polar surface area (TPSA) is 122 Å². The number of carboxylic acid groups (broad SMARTS) is 1. The lowest BCUT2D eigenvalue weighted by Crippen LogP contribution is -2.52. The summed E-state index contributed by atoms with van der Waals surface area (Å²) in [5.41, 5.74) is 0.918.